The Morgan fingerprint density at radius 3 is 2.61 bits per heavy atom. The van der Waals surface area contributed by atoms with Gasteiger partial charge in [0.15, 0.2) is 5.11 Å². The second kappa shape index (κ2) is 8.20. The summed E-state index contributed by atoms with van der Waals surface area (Å²) in [7, 11) is 1.68. The van der Waals surface area contributed by atoms with Gasteiger partial charge >= 0.3 is 0 Å². The predicted octanol–water partition coefficient (Wildman–Crippen LogP) is 4.45. The maximum atomic E-state index is 5.83. The van der Waals surface area contributed by atoms with Crippen molar-refractivity contribution >= 4 is 23.0 Å². The Labute approximate surface area is 186 Å². The molecule has 0 spiro atoms. The highest BCUT2D eigenvalue weighted by molar-refractivity contribution is 7.80. The number of ether oxygens (including phenoxy) is 1. The summed E-state index contributed by atoms with van der Waals surface area (Å²) in [4.78, 5) is 11.0. The molecule has 0 unspecified atom stereocenters. The summed E-state index contributed by atoms with van der Waals surface area (Å²) < 4.78 is 7.81. The number of rotatable bonds is 5. The van der Waals surface area contributed by atoms with Crippen LogP contribution in [-0.4, -0.2) is 26.8 Å². The van der Waals surface area contributed by atoms with E-state index in [0.717, 1.165) is 28.5 Å². The number of aromatic nitrogens is 3. The summed E-state index contributed by atoms with van der Waals surface area (Å²) in [5.41, 5.74) is 3.89. The SMILES string of the molecule is COc1ccccc1N1C(=S)N[C@H](c2ccccn2)[C@H]1c1cccn1-c1cccnc1. The second-order valence-electron chi connectivity index (χ2n) is 7.18. The number of hydrogen-bond acceptors (Lipinski definition) is 4. The highest BCUT2D eigenvalue weighted by Crippen LogP contribution is 2.44. The van der Waals surface area contributed by atoms with Gasteiger partial charge in [0.2, 0.25) is 0 Å². The smallest absolute Gasteiger partial charge is 0.174 e. The molecule has 3 aromatic heterocycles. The molecule has 1 fully saturated rings. The molecule has 1 aliphatic rings. The van der Waals surface area contributed by atoms with Gasteiger partial charge in [-0.15, -0.1) is 0 Å². The molecule has 0 saturated carbocycles. The van der Waals surface area contributed by atoms with Gasteiger partial charge in [0.1, 0.15) is 11.8 Å². The molecule has 6 nitrogen and oxygen atoms in total. The third-order valence-corrected chi connectivity index (χ3v) is 5.76. The Morgan fingerprint density at radius 2 is 1.84 bits per heavy atom. The van der Waals surface area contributed by atoms with E-state index in [-0.39, 0.29) is 12.1 Å². The fraction of sp³-hybridized carbons (Fsp3) is 0.125. The van der Waals surface area contributed by atoms with Crippen molar-refractivity contribution in [2.45, 2.75) is 12.1 Å². The summed E-state index contributed by atoms with van der Waals surface area (Å²) in [5, 5.41) is 4.13. The molecule has 0 amide bonds. The van der Waals surface area contributed by atoms with Crippen LogP contribution in [0.25, 0.3) is 5.69 Å². The maximum absolute atomic E-state index is 5.83. The lowest BCUT2D eigenvalue weighted by molar-refractivity contribution is 0.414. The number of pyridine rings is 2. The second-order valence-corrected chi connectivity index (χ2v) is 7.57. The number of para-hydroxylation sites is 2. The molecule has 2 atom stereocenters. The minimum absolute atomic E-state index is 0.135. The zero-order valence-electron chi connectivity index (χ0n) is 16.9. The minimum Gasteiger partial charge on any atom is -0.495 e. The fourth-order valence-corrected chi connectivity index (χ4v) is 4.45. The first kappa shape index (κ1) is 19.3. The third-order valence-electron chi connectivity index (χ3n) is 5.45. The van der Waals surface area contributed by atoms with Crippen LogP contribution in [0.2, 0.25) is 0 Å². The molecule has 1 saturated heterocycles. The Morgan fingerprint density at radius 1 is 0.968 bits per heavy atom. The first-order chi connectivity index (χ1) is 15.3. The quantitative estimate of drug-likeness (QED) is 0.475. The number of anilines is 1. The van der Waals surface area contributed by atoms with E-state index in [1.807, 2.05) is 79.3 Å². The van der Waals surface area contributed by atoms with Gasteiger partial charge in [-0.2, -0.15) is 0 Å². The predicted molar refractivity (Wildman–Crippen MR) is 124 cm³/mol. The van der Waals surface area contributed by atoms with Crippen LogP contribution in [0.4, 0.5) is 5.69 Å². The first-order valence-corrected chi connectivity index (χ1v) is 10.4. The van der Waals surface area contributed by atoms with E-state index < -0.39 is 0 Å². The van der Waals surface area contributed by atoms with Crippen LogP contribution in [0.5, 0.6) is 5.75 Å². The molecule has 7 heteroatoms. The Bertz CT molecular complexity index is 1190. The van der Waals surface area contributed by atoms with Crippen molar-refractivity contribution in [3.63, 3.8) is 0 Å². The maximum Gasteiger partial charge on any atom is 0.174 e. The van der Waals surface area contributed by atoms with Gasteiger partial charge in [0.05, 0.1) is 36.4 Å². The fourth-order valence-electron chi connectivity index (χ4n) is 4.11. The number of thiocarbonyl (C=S) groups is 1. The average Bonchev–Trinajstić information content (AvgIpc) is 3.44. The van der Waals surface area contributed by atoms with Crippen LogP contribution in [0.3, 0.4) is 0 Å². The topological polar surface area (TPSA) is 55.2 Å². The summed E-state index contributed by atoms with van der Waals surface area (Å²) in [6.45, 7) is 0. The van der Waals surface area contributed by atoms with Gasteiger partial charge in [-0.25, -0.2) is 0 Å². The van der Waals surface area contributed by atoms with E-state index in [4.69, 9.17) is 17.0 Å². The van der Waals surface area contributed by atoms with E-state index in [1.54, 1.807) is 13.3 Å². The molecule has 0 radical (unpaired) electrons. The Balaban J connectivity index is 1.69. The van der Waals surface area contributed by atoms with E-state index >= 15 is 0 Å². The number of nitrogens with one attached hydrogen (secondary N) is 1. The van der Waals surface area contributed by atoms with E-state index in [2.05, 4.69) is 30.8 Å². The van der Waals surface area contributed by atoms with Crippen molar-refractivity contribution in [2.75, 3.05) is 12.0 Å². The Kier molecular flexibility index (Phi) is 5.09. The van der Waals surface area contributed by atoms with Gasteiger partial charge in [-0.3, -0.25) is 9.97 Å². The molecule has 1 N–H and O–H groups in total. The zero-order chi connectivity index (χ0) is 21.2. The first-order valence-electron chi connectivity index (χ1n) is 9.99. The lowest BCUT2D eigenvalue weighted by atomic mass is 10.0. The normalized spacial score (nSPS) is 18.1. The van der Waals surface area contributed by atoms with Crippen LogP contribution in [-0.2, 0) is 0 Å². The molecule has 1 aromatic carbocycles. The third kappa shape index (κ3) is 3.43. The van der Waals surface area contributed by atoms with Crippen LogP contribution in [0, 0.1) is 0 Å². The summed E-state index contributed by atoms with van der Waals surface area (Å²) in [6.07, 6.45) is 7.48. The zero-order valence-corrected chi connectivity index (χ0v) is 17.7. The van der Waals surface area contributed by atoms with Crippen molar-refractivity contribution in [2.24, 2.45) is 0 Å². The summed E-state index contributed by atoms with van der Waals surface area (Å²) in [6, 6.07) is 21.7. The lowest BCUT2D eigenvalue weighted by Gasteiger charge is -2.29. The molecule has 0 aliphatic carbocycles. The van der Waals surface area contributed by atoms with E-state index in [0.29, 0.717) is 5.11 Å². The standard InChI is InChI=1S/C24H21N5OS/c1-30-21-12-3-2-10-19(21)29-23(22(27-24(29)31)18-9-4-5-14-26-18)20-11-7-15-28(20)17-8-6-13-25-16-17/h2-16,22-23H,1H3,(H,27,31)/t22-,23-/m1/s1. The van der Waals surface area contributed by atoms with Gasteiger partial charge < -0.3 is 19.5 Å². The molecule has 31 heavy (non-hydrogen) atoms. The van der Waals surface area contributed by atoms with Gasteiger partial charge in [0, 0.05) is 24.3 Å². The molecule has 154 valence electrons. The van der Waals surface area contributed by atoms with Gasteiger partial charge in [-0.1, -0.05) is 18.2 Å². The van der Waals surface area contributed by atoms with E-state index in [9.17, 15) is 0 Å². The molecule has 5 rings (SSSR count). The number of nitrogens with zero attached hydrogens (tertiary/aromatic N) is 4. The molecule has 4 heterocycles. The Hall–Kier alpha value is -3.71. The molecular formula is C24H21N5OS. The van der Waals surface area contributed by atoms with Crippen molar-refractivity contribution in [1.29, 1.82) is 0 Å². The summed E-state index contributed by atoms with van der Waals surface area (Å²) >= 11 is 5.83. The minimum atomic E-state index is -0.145. The molecule has 1 aliphatic heterocycles. The van der Waals surface area contributed by atoms with E-state index in [1.165, 1.54) is 0 Å². The lowest BCUT2D eigenvalue weighted by Crippen LogP contribution is -2.30. The number of benzene rings is 1. The highest BCUT2D eigenvalue weighted by Gasteiger charge is 2.43. The highest BCUT2D eigenvalue weighted by atomic mass is 32.1. The van der Waals surface area contributed by atoms with Crippen molar-refractivity contribution in [3.05, 3.63) is 103 Å². The van der Waals surface area contributed by atoms with Crippen LogP contribution >= 0.6 is 12.2 Å². The van der Waals surface area contributed by atoms with Crippen molar-refractivity contribution in [3.8, 4) is 11.4 Å². The largest absolute Gasteiger partial charge is 0.495 e. The van der Waals surface area contributed by atoms with Crippen LogP contribution in [0.1, 0.15) is 23.5 Å². The molecule has 4 aromatic rings. The van der Waals surface area contributed by atoms with Crippen molar-refractivity contribution in [1.82, 2.24) is 19.9 Å². The van der Waals surface area contributed by atoms with Crippen molar-refractivity contribution < 1.29 is 4.74 Å². The van der Waals surface area contributed by atoms with Gasteiger partial charge in [0.25, 0.3) is 0 Å². The number of methoxy groups -OCH3 is 1. The summed E-state index contributed by atoms with van der Waals surface area (Å²) in [5.74, 6) is 0.762. The monoisotopic (exact) mass is 427 g/mol. The molecular weight excluding hydrogens is 406 g/mol. The van der Waals surface area contributed by atoms with Gasteiger partial charge in [-0.05, 0) is 60.7 Å². The van der Waals surface area contributed by atoms with Crippen LogP contribution in [0.15, 0.2) is 91.5 Å². The molecule has 0 bridgehead atoms. The number of hydrogen-bond donors (Lipinski definition) is 1. The van der Waals surface area contributed by atoms with Crippen LogP contribution < -0.4 is 15.0 Å². The average molecular weight is 428 g/mol.